The maximum atomic E-state index is 13.3. The zero-order valence-electron chi connectivity index (χ0n) is 18.2. The summed E-state index contributed by atoms with van der Waals surface area (Å²) in [6.45, 7) is 5.15. The van der Waals surface area contributed by atoms with Crippen molar-refractivity contribution in [3.05, 3.63) is 75.4 Å². The van der Waals surface area contributed by atoms with Crippen molar-refractivity contribution in [2.45, 2.75) is 32.2 Å². The minimum absolute atomic E-state index is 0.0524. The van der Waals surface area contributed by atoms with Crippen molar-refractivity contribution in [1.82, 2.24) is 9.78 Å². The van der Waals surface area contributed by atoms with Crippen LogP contribution >= 0.6 is 11.6 Å². The number of nitrogens with zero attached hydrogens (tertiary/aromatic N) is 2. The molecule has 168 valence electrons. The highest BCUT2D eigenvalue weighted by Gasteiger charge is 2.26. The summed E-state index contributed by atoms with van der Waals surface area (Å²) < 4.78 is 31.5. The number of carbonyl (C=O) groups excluding carboxylic acids is 2. The van der Waals surface area contributed by atoms with E-state index in [1.807, 2.05) is 13.0 Å². The third-order valence-electron chi connectivity index (χ3n) is 5.01. The van der Waals surface area contributed by atoms with E-state index in [2.05, 4.69) is 5.10 Å². The number of sulfone groups is 1. The number of carbonyl (C=O) groups is 2. The molecule has 0 fully saturated rings. The molecule has 0 aliphatic rings. The summed E-state index contributed by atoms with van der Waals surface area (Å²) in [5, 5.41) is 4.24. The Bertz CT molecular complexity index is 1300. The monoisotopic (exact) mass is 474 g/mol. The minimum Gasteiger partial charge on any atom is -0.469 e. The van der Waals surface area contributed by atoms with Gasteiger partial charge in [-0.25, -0.2) is 13.1 Å². The highest BCUT2D eigenvalue weighted by molar-refractivity contribution is 7.90. The van der Waals surface area contributed by atoms with E-state index in [9.17, 15) is 18.0 Å². The number of aryl methyl sites for hydroxylation is 2. The average molecular weight is 475 g/mol. The van der Waals surface area contributed by atoms with Crippen LogP contribution in [0.2, 0.25) is 5.02 Å². The van der Waals surface area contributed by atoms with Crippen molar-refractivity contribution in [3.63, 3.8) is 0 Å². The Morgan fingerprint density at radius 1 is 1.12 bits per heavy atom. The predicted molar refractivity (Wildman–Crippen MR) is 122 cm³/mol. The summed E-state index contributed by atoms with van der Waals surface area (Å²) >= 11 is 6.41. The van der Waals surface area contributed by atoms with Gasteiger partial charge in [-0.2, -0.15) is 5.10 Å². The molecular formula is C23H23ClN2O5S. The number of ketones is 2. The summed E-state index contributed by atoms with van der Waals surface area (Å²) in [4.78, 5) is 25.9. The number of halogens is 1. The fourth-order valence-electron chi connectivity index (χ4n) is 3.57. The zero-order chi connectivity index (χ0) is 23.6. The first-order valence-corrected chi connectivity index (χ1v) is 12.1. The van der Waals surface area contributed by atoms with Crippen molar-refractivity contribution >= 4 is 33.0 Å². The molecule has 0 bridgehead atoms. The second-order valence-electron chi connectivity index (χ2n) is 7.37. The van der Waals surface area contributed by atoms with Crippen LogP contribution in [0.1, 0.15) is 44.3 Å². The first-order chi connectivity index (χ1) is 15.1. The first-order valence-electron chi connectivity index (χ1n) is 9.87. The molecule has 0 saturated carbocycles. The van der Waals surface area contributed by atoms with Gasteiger partial charge in [-0.05, 0) is 38.0 Å². The molecule has 0 aliphatic carbocycles. The van der Waals surface area contributed by atoms with Crippen LogP contribution in [0.15, 0.2) is 47.5 Å². The maximum Gasteiger partial charge on any atom is 0.223 e. The molecule has 0 unspecified atom stereocenters. The van der Waals surface area contributed by atoms with Crippen molar-refractivity contribution in [2.75, 3.05) is 12.9 Å². The molecule has 1 aromatic heterocycles. The Morgan fingerprint density at radius 2 is 1.78 bits per heavy atom. The van der Waals surface area contributed by atoms with Gasteiger partial charge in [0, 0.05) is 23.9 Å². The Hall–Kier alpha value is -2.97. The maximum absolute atomic E-state index is 13.3. The number of ether oxygens (including phenoxy) is 1. The Kier molecular flexibility index (Phi) is 6.85. The summed E-state index contributed by atoms with van der Waals surface area (Å²) in [6, 6.07) is 10.1. The van der Waals surface area contributed by atoms with Crippen molar-refractivity contribution in [2.24, 2.45) is 0 Å². The highest BCUT2D eigenvalue weighted by atomic mass is 35.5. The van der Waals surface area contributed by atoms with E-state index in [0.717, 1.165) is 6.26 Å². The number of hydrogen-bond acceptors (Lipinski definition) is 6. The summed E-state index contributed by atoms with van der Waals surface area (Å²) in [5.74, 6) is -0.557. The molecule has 3 aromatic rings. The Balaban J connectivity index is 1.98. The van der Waals surface area contributed by atoms with Crippen LogP contribution < -0.4 is 4.74 Å². The van der Waals surface area contributed by atoms with Gasteiger partial charge in [0.05, 0.1) is 16.1 Å². The van der Waals surface area contributed by atoms with E-state index in [-0.39, 0.29) is 39.3 Å². The van der Waals surface area contributed by atoms with Gasteiger partial charge < -0.3 is 4.74 Å². The van der Waals surface area contributed by atoms with Crippen LogP contribution in [-0.4, -0.2) is 42.6 Å². The lowest BCUT2D eigenvalue weighted by Gasteiger charge is -2.14. The summed E-state index contributed by atoms with van der Waals surface area (Å²) in [5.41, 5.74) is 1.50. The zero-order valence-corrected chi connectivity index (χ0v) is 19.7. The third-order valence-corrected chi connectivity index (χ3v) is 6.87. The second kappa shape index (κ2) is 9.26. The molecule has 1 heterocycles. The molecule has 0 amide bonds. The summed E-state index contributed by atoms with van der Waals surface area (Å²) in [7, 11) is -3.52. The second-order valence-corrected chi connectivity index (χ2v) is 9.70. The molecule has 0 spiro atoms. The highest BCUT2D eigenvalue weighted by Crippen LogP contribution is 2.33. The van der Waals surface area contributed by atoms with Crippen LogP contribution in [0.5, 0.6) is 5.88 Å². The normalized spacial score (nSPS) is 11.4. The van der Waals surface area contributed by atoms with Crippen LogP contribution in [0.4, 0.5) is 0 Å². The minimum atomic E-state index is -3.52. The van der Waals surface area contributed by atoms with Gasteiger partial charge in [0.15, 0.2) is 22.2 Å². The van der Waals surface area contributed by atoms with Gasteiger partial charge in [-0.3, -0.25) is 9.59 Å². The van der Waals surface area contributed by atoms with Crippen LogP contribution in [0, 0.1) is 13.8 Å². The van der Waals surface area contributed by atoms with Crippen LogP contribution in [-0.2, 0) is 16.4 Å². The van der Waals surface area contributed by atoms with Gasteiger partial charge in [0.25, 0.3) is 0 Å². The fraction of sp³-hybridized carbons (Fsp3) is 0.261. The fourth-order valence-corrected chi connectivity index (χ4v) is 5.17. The number of benzene rings is 2. The smallest absolute Gasteiger partial charge is 0.223 e. The van der Waals surface area contributed by atoms with Crippen molar-refractivity contribution < 1.29 is 22.7 Å². The molecule has 3 rings (SSSR count). The van der Waals surface area contributed by atoms with Gasteiger partial charge in [-0.1, -0.05) is 41.9 Å². The Labute approximate surface area is 191 Å². The third kappa shape index (κ3) is 4.61. The quantitative estimate of drug-likeness (QED) is 0.457. The average Bonchev–Trinajstić information content (AvgIpc) is 3.16. The predicted octanol–water partition coefficient (Wildman–Crippen LogP) is 4.07. The lowest BCUT2D eigenvalue weighted by molar-refractivity contribution is 0.0907. The van der Waals surface area contributed by atoms with E-state index in [1.54, 1.807) is 38.1 Å². The molecule has 0 aliphatic heterocycles. The molecule has 0 N–H and O–H groups in total. The molecule has 0 radical (unpaired) electrons. The molecule has 2 aromatic carbocycles. The standard InChI is InChI=1S/C23H23ClN2O5S/c1-5-26-23(31-13-19(27)16-9-7-6-8-10-16)18(12-25-26)21(28)17-11-14(2)22(32(4,29)30)15(3)20(17)24/h6-12H,5,13H2,1-4H3. The van der Waals surface area contributed by atoms with Crippen LogP contribution in [0.25, 0.3) is 0 Å². The lowest BCUT2D eigenvalue weighted by Crippen LogP contribution is -2.16. The molecular weight excluding hydrogens is 452 g/mol. The van der Waals surface area contributed by atoms with Gasteiger partial charge in [0.2, 0.25) is 11.7 Å². The Morgan fingerprint density at radius 3 is 2.38 bits per heavy atom. The molecule has 9 heteroatoms. The lowest BCUT2D eigenvalue weighted by atomic mass is 10.0. The largest absolute Gasteiger partial charge is 0.469 e. The van der Waals surface area contributed by atoms with E-state index < -0.39 is 15.6 Å². The van der Waals surface area contributed by atoms with E-state index in [1.165, 1.54) is 16.9 Å². The number of rotatable bonds is 8. The number of aromatic nitrogens is 2. The molecule has 0 saturated heterocycles. The molecule has 7 nitrogen and oxygen atoms in total. The van der Waals surface area contributed by atoms with Crippen LogP contribution in [0.3, 0.4) is 0 Å². The van der Waals surface area contributed by atoms with Gasteiger partial charge in [-0.15, -0.1) is 0 Å². The van der Waals surface area contributed by atoms with Gasteiger partial charge >= 0.3 is 0 Å². The first kappa shape index (κ1) is 23.7. The van der Waals surface area contributed by atoms with Crippen molar-refractivity contribution in [1.29, 1.82) is 0 Å². The SMILES string of the molecule is CCn1ncc(C(=O)c2cc(C)c(S(C)(=O)=O)c(C)c2Cl)c1OCC(=O)c1ccccc1. The molecule has 32 heavy (non-hydrogen) atoms. The van der Waals surface area contributed by atoms with E-state index in [4.69, 9.17) is 16.3 Å². The van der Waals surface area contributed by atoms with E-state index in [0.29, 0.717) is 23.2 Å². The van der Waals surface area contributed by atoms with E-state index >= 15 is 0 Å². The summed E-state index contributed by atoms with van der Waals surface area (Å²) in [6.07, 6.45) is 2.46. The number of Topliss-reactive ketones (excluding diaryl/α,β-unsaturated/α-hetero) is 1. The molecule has 0 atom stereocenters. The van der Waals surface area contributed by atoms with Crippen molar-refractivity contribution in [3.8, 4) is 5.88 Å². The van der Waals surface area contributed by atoms with Gasteiger partial charge in [0.1, 0.15) is 5.56 Å². The number of hydrogen-bond donors (Lipinski definition) is 0. The topological polar surface area (TPSA) is 95.3 Å².